The Bertz CT molecular complexity index is 612. The number of imidazole rings is 1. The van der Waals surface area contributed by atoms with Crippen LogP contribution in [0, 0.1) is 0 Å². The van der Waals surface area contributed by atoms with Crippen LogP contribution in [0.1, 0.15) is 23.0 Å². The van der Waals surface area contributed by atoms with E-state index in [0.29, 0.717) is 23.8 Å². The summed E-state index contributed by atoms with van der Waals surface area (Å²) in [6.07, 6.45) is 4.12. The molecule has 0 saturated heterocycles. The molecule has 0 radical (unpaired) electrons. The van der Waals surface area contributed by atoms with Gasteiger partial charge in [-0.05, 0) is 19.1 Å². The molecule has 0 fully saturated rings. The molecule has 2 amide bonds. The summed E-state index contributed by atoms with van der Waals surface area (Å²) in [6.45, 7) is 2.20. The van der Waals surface area contributed by atoms with Crippen molar-refractivity contribution in [2.45, 2.75) is 13.5 Å². The molecule has 2 aromatic heterocycles. The molecule has 0 bridgehead atoms. The average molecular weight is 289 g/mol. The lowest BCUT2D eigenvalue weighted by atomic mass is 10.2. The number of hydrogen-bond acceptors (Lipinski definition) is 5. The quantitative estimate of drug-likeness (QED) is 0.768. The van der Waals surface area contributed by atoms with Crippen LogP contribution in [0.2, 0.25) is 0 Å². The number of amides is 2. The van der Waals surface area contributed by atoms with Crippen molar-refractivity contribution in [2.24, 2.45) is 0 Å². The molecule has 2 aromatic rings. The van der Waals surface area contributed by atoms with Gasteiger partial charge in [0.2, 0.25) is 5.95 Å². The predicted octanol–water partition coefficient (Wildman–Crippen LogP) is 1.30. The van der Waals surface area contributed by atoms with Crippen molar-refractivity contribution in [3.05, 3.63) is 42.0 Å². The number of aromatic amines is 1. The van der Waals surface area contributed by atoms with Crippen molar-refractivity contribution in [3.63, 3.8) is 0 Å². The molecule has 8 nitrogen and oxygen atoms in total. The van der Waals surface area contributed by atoms with Crippen molar-refractivity contribution in [1.29, 1.82) is 0 Å². The van der Waals surface area contributed by atoms with E-state index in [-0.39, 0.29) is 12.5 Å². The third kappa shape index (κ3) is 4.30. The van der Waals surface area contributed by atoms with E-state index in [1.54, 1.807) is 25.3 Å². The van der Waals surface area contributed by atoms with Crippen molar-refractivity contribution in [1.82, 2.24) is 20.3 Å². The smallest absolute Gasteiger partial charge is 0.407 e. The Labute approximate surface area is 120 Å². The molecule has 2 rings (SSSR count). The number of nitrogens with zero attached hydrogens (tertiary/aromatic N) is 2. The summed E-state index contributed by atoms with van der Waals surface area (Å²) in [6, 6.07) is 3.16. The third-order valence-corrected chi connectivity index (χ3v) is 2.50. The number of rotatable bonds is 5. The van der Waals surface area contributed by atoms with Gasteiger partial charge in [-0.25, -0.2) is 9.78 Å². The standard InChI is InChI=1S/C13H15N5O3/c1-2-21-13(20)17-8-10-7-9(3-4-14-10)11(19)18-12-15-5-6-16-12/h3-7H,2,8H2,1H3,(H,17,20)(H2,15,16,18,19). The third-order valence-electron chi connectivity index (χ3n) is 2.50. The van der Waals surface area contributed by atoms with Gasteiger partial charge in [0.25, 0.3) is 5.91 Å². The molecule has 0 spiro atoms. The van der Waals surface area contributed by atoms with E-state index in [1.807, 2.05) is 0 Å². The normalized spacial score (nSPS) is 9.95. The molecule has 0 aliphatic rings. The van der Waals surface area contributed by atoms with Crippen LogP contribution in [0.15, 0.2) is 30.7 Å². The lowest BCUT2D eigenvalue weighted by Gasteiger charge is -2.06. The Morgan fingerprint density at radius 2 is 2.19 bits per heavy atom. The lowest BCUT2D eigenvalue weighted by Crippen LogP contribution is -2.24. The second-order valence-corrected chi connectivity index (χ2v) is 4.00. The first-order chi connectivity index (χ1) is 10.2. The second kappa shape index (κ2) is 7.04. The molecular formula is C13H15N5O3. The number of hydrogen-bond donors (Lipinski definition) is 3. The van der Waals surface area contributed by atoms with Gasteiger partial charge in [-0.3, -0.25) is 15.1 Å². The van der Waals surface area contributed by atoms with Crippen molar-refractivity contribution >= 4 is 17.9 Å². The van der Waals surface area contributed by atoms with Gasteiger partial charge in [-0.2, -0.15) is 0 Å². The number of nitrogens with one attached hydrogen (secondary N) is 3. The summed E-state index contributed by atoms with van der Waals surface area (Å²) in [4.78, 5) is 33.9. The van der Waals surface area contributed by atoms with Gasteiger partial charge in [0.1, 0.15) is 0 Å². The Hall–Kier alpha value is -2.90. The van der Waals surface area contributed by atoms with Crippen LogP contribution in [-0.4, -0.2) is 33.6 Å². The number of carbonyl (C=O) groups is 2. The molecule has 2 heterocycles. The van der Waals surface area contributed by atoms with E-state index in [4.69, 9.17) is 4.74 Å². The van der Waals surface area contributed by atoms with Crippen LogP contribution < -0.4 is 10.6 Å². The first-order valence-electron chi connectivity index (χ1n) is 6.35. The topological polar surface area (TPSA) is 109 Å². The highest BCUT2D eigenvalue weighted by atomic mass is 16.5. The highest BCUT2D eigenvalue weighted by molar-refractivity contribution is 6.03. The number of aromatic nitrogens is 3. The van der Waals surface area contributed by atoms with Crippen LogP contribution in [0.25, 0.3) is 0 Å². The first kappa shape index (κ1) is 14.5. The van der Waals surface area contributed by atoms with Crippen molar-refractivity contribution in [2.75, 3.05) is 11.9 Å². The largest absolute Gasteiger partial charge is 0.450 e. The maximum absolute atomic E-state index is 12.0. The lowest BCUT2D eigenvalue weighted by molar-refractivity contribution is 0.102. The van der Waals surface area contributed by atoms with Gasteiger partial charge in [0, 0.05) is 24.2 Å². The van der Waals surface area contributed by atoms with Crippen LogP contribution in [0.4, 0.5) is 10.7 Å². The highest BCUT2D eigenvalue weighted by Crippen LogP contribution is 2.05. The summed E-state index contributed by atoms with van der Waals surface area (Å²) < 4.78 is 4.74. The Kier molecular flexibility index (Phi) is 4.86. The van der Waals surface area contributed by atoms with Gasteiger partial charge in [0.05, 0.1) is 18.8 Å². The minimum absolute atomic E-state index is 0.181. The van der Waals surface area contributed by atoms with Crippen LogP contribution in [-0.2, 0) is 11.3 Å². The van der Waals surface area contributed by atoms with Gasteiger partial charge in [-0.1, -0.05) is 0 Å². The Balaban J connectivity index is 1.97. The number of anilines is 1. The summed E-state index contributed by atoms with van der Waals surface area (Å²) in [5.74, 6) is 0.0488. The number of H-pyrrole nitrogens is 1. The Morgan fingerprint density at radius 3 is 2.90 bits per heavy atom. The van der Waals surface area contributed by atoms with Crippen molar-refractivity contribution < 1.29 is 14.3 Å². The average Bonchev–Trinajstić information content (AvgIpc) is 2.99. The fraction of sp³-hybridized carbons (Fsp3) is 0.231. The minimum atomic E-state index is -0.523. The van der Waals surface area contributed by atoms with Gasteiger partial charge < -0.3 is 15.0 Å². The van der Waals surface area contributed by atoms with Crippen LogP contribution >= 0.6 is 0 Å². The molecule has 0 atom stereocenters. The zero-order valence-corrected chi connectivity index (χ0v) is 11.4. The number of pyridine rings is 1. The van der Waals surface area contributed by atoms with Crippen molar-refractivity contribution in [3.8, 4) is 0 Å². The molecule has 0 aromatic carbocycles. The predicted molar refractivity (Wildman–Crippen MR) is 74.6 cm³/mol. The molecule has 0 unspecified atom stereocenters. The minimum Gasteiger partial charge on any atom is -0.450 e. The number of carbonyl (C=O) groups excluding carboxylic acids is 2. The summed E-state index contributed by atoms with van der Waals surface area (Å²) in [5.41, 5.74) is 0.970. The van der Waals surface area contributed by atoms with E-state index < -0.39 is 6.09 Å². The maximum atomic E-state index is 12.0. The summed E-state index contributed by atoms with van der Waals surface area (Å²) in [5, 5.41) is 5.14. The molecule has 8 heteroatoms. The number of ether oxygens (including phenoxy) is 1. The van der Waals surface area contributed by atoms with Crippen LogP contribution in [0.5, 0.6) is 0 Å². The molecule has 3 N–H and O–H groups in total. The number of alkyl carbamates (subject to hydrolysis) is 1. The van der Waals surface area contributed by atoms with E-state index in [1.165, 1.54) is 12.4 Å². The fourth-order valence-electron chi connectivity index (χ4n) is 1.57. The van der Waals surface area contributed by atoms with Gasteiger partial charge >= 0.3 is 6.09 Å². The van der Waals surface area contributed by atoms with Gasteiger partial charge in [-0.15, -0.1) is 0 Å². The highest BCUT2D eigenvalue weighted by Gasteiger charge is 2.09. The van der Waals surface area contributed by atoms with E-state index in [2.05, 4.69) is 25.6 Å². The second-order valence-electron chi connectivity index (χ2n) is 4.00. The fourth-order valence-corrected chi connectivity index (χ4v) is 1.57. The molecule has 110 valence electrons. The first-order valence-corrected chi connectivity index (χ1v) is 6.35. The van der Waals surface area contributed by atoms with E-state index in [0.717, 1.165) is 0 Å². The summed E-state index contributed by atoms with van der Waals surface area (Å²) >= 11 is 0. The monoisotopic (exact) mass is 289 g/mol. The zero-order chi connectivity index (χ0) is 15.1. The molecule has 0 aliphatic heterocycles. The molecule has 21 heavy (non-hydrogen) atoms. The van der Waals surface area contributed by atoms with E-state index in [9.17, 15) is 9.59 Å². The Morgan fingerprint density at radius 1 is 1.33 bits per heavy atom. The van der Waals surface area contributed by atoms with E-state index >= 15 is 0 Å². The molecule has 0 aliphatic carbocycles. The molecular weight excluding hydrogens is 274 g/mol. The molecule has 0 saturated carbocycles. The SMILES string of the molecule is CCOC(=O)NCc1cc(C(=O)Nc2ncc[nH]2)ccn1. The van der Waals surface area contributed by atoms with Gasteiger partial charge in [0.15, 0.2) is 0 Å². The zero-order valence-electron chi connectivity index (χ0n) is 11.4. The summed E-state index contributed by atoms with van der Waals surface area (Å²) in [7, 11) is 0. The van der Waals surface area contributed by atoms with Crippen LogP contribution in [0.3, 0.4) is 0 Å². The maximum Gasteiger partial charge on any atom is 0.407 e.